The molecule has 4 nitrogen and oxygen atoms in total. The number of H-pyrrole nitrogens is 1. The molecule has 0 fully saturated rings. The molecule has 1 aliphatic rings. The van der Waals surface area contributed by atoms with Crippen LogP contribution in [0.3, 0.4) is 0 Å². The molecule has 0 amide bonds. The van der Waals surface area contributed by atoms with Crippen LogP contribution in [0, 0.1) is 0 Å². The third-order valence-corrected chi connectivity index (χ3v) is 7.38. The Morgan fingerprint density at radius 3 is 2.45 bits per heavy atom. The van der Waals surface area contributed by atoms with Gasteiger partial charge in [0.05, 0.1) is 17.9 Å². The smallest absolute Gasteiger partial charge is 0.190 e. The Bertz CT molecular complexity index is 1190. The first-order valence-electron chi connectivity index (χ1n) is 10.5. The van der Waals surface area contributed by atoms with Crippen molar-refractivity contribution in [3.8, 4) is 0 Å². The number of aromatic nitrogens is 3. The number of hydrogen-bond donors (Lipinski definition) is 1. The Morgan fingerprint density at radius 2 is 1.68 bits per heavy atom. The first-order chi connectivity index (χ1) is 15.1. The van der Waals surface area contributed by atoms with Gasteiger partial charge in [-0.1, -0.05) is 60.3 Å². The molecule has 0 atom stereocenters. The lowest BCUT2D eigenvalue weighted by Crippen LogP contribution is -2.31. The van der Waals surface area contributed by atoms with Gasteiger partial charge in [0.2, 0.25) is 0 Å². The summed E-state index contributed by atoms with van der Waals surface area (Å²) in [6, 6.07) is 21.0. The standard InChI is InChI=1S/C25H25N3OS2/c1-25(2)13-19-20(14-29-25)26-23-22(19)21(16-30-18-11-7-4-8-12-18)27-24(28-23)31-15-17-9-5-3-6-10-17/h3-12H,13-16H2,1-2H3,(H,26,27,28). The minimum atomic E-state index is -0.174. The number of aromatic amines is 1. The van der Waals surface area contributed by atoms with E-state index in [-0.39, 0.29) is 5.60 Å². The molecule has 0 saturated carbocycles. The molecule has 158 valence electrons. The first kappa shape index (κ1) is 20.6. The number of benzene rings is 2. The summed E-state index contributed by atoms with van der Waals surface area (Å²) in [4.78, 5) is 14.7. The van der Waals surface area contributed by atoms with Crippen molar-refractivity contribution in [1.82, 2.24) is 15.0 Å². The molecule has 0 radical (unpaired) electrons. The van der Waals surface area contributed by atoms with Gasteiger partial charge in [-0.05, 0) is 37.1 Å². The molecule has 4 aromatic rings. The minimum Gasteiger partial charge on any atom is -0.369 e. The number of thioether (sulfide) groups is 2. The average Bonchev–Trinajstić information content (AvgIpc) is 3.14. The van der Waals surface area contributed by atoms with E-state index in [0.29, 0.717) is 6.61 Å². The summed E-state index contributed by atoms with van der Waals surface area (Å²) < 4.78 is 6.04. The Kier molecular flexibility index (Phi) is 5.78. The van der Waals surface area contributed by atoms with E-state index in [1.165, 1.54) is 21.4 Å². The summed E-state index contributed by atoms with van der Waals surface area (Å²) in [6.07, 6.45) is 0.866. The van der Waals surface area contributed by atoms with Crippen molar-refractivity contribution in [2.45, 2.75) is 54.0 Å². The zero-order chi connectivity index (χ0) is 21.3. The van der Waals surface area contributed by atoms with Gasteiger partial charge in [0, 0.05) is 33.9 Å². The number of fused-ring (bicyclic) bond motifs is 3. The highest BCUT2D eigenvalue weighted by atomic mass is 32.2. The number of nitrogens with zero attached hydrogens (tertiary/aromatic N) is 2. The Morgan fingerprint density at radius 1 is 0.935 bits per heavy atom. The molecule has 0 bridgehead atoms. The molecule has 31 heavy (non-hydrogen) atoms. The lowest BCUT2D eigenvalue weighted by atomic mass is 9.93. The molecule has 2 aromatic heterocycles. The van der Waals surface area contributed by atoms with Gasteiger partial charge in [-0.2, -0.15) is 0 Å². The fourth-order valence-electron chi connectivity index (χ4n) is 3.88. The summed E-state index contributed by atoms with van der Waals surface area (Å²) in [5.41, 5.74) is 5.59. The Labute approximate surface area is 191 Å². The van der Waals surface area contributed by atoms with Gasteiger partial charge >= 0.3 is 0 Å². The third-order valence-electron chi connectivity index (χ3n) is 5.44. The SMILES string of the molecule is CC1(C)Cc2c([nH]c3nc(SCc4ccccc4)nc(CSc4ccccc4)c23)CO1. The van der Waals surface area contributed by atoms with Crippen LogP contribution < -0.4 is 0 Å². The van der Waals surface area contributed by atoms with Gasteiger partial charge in [0.1, 0.15) is 5.65 Å². The minimum absolute atomic E-state index is 0.174. The summed E-state index contributed by atoms with van der Waals surface area (Å²) in [5, 5.41) is 2.00. The van der Waals surface area contributed by atoms with Crippen LogP contribution in [-0.4, -0.2) is 20.6 Å². The molecule has 0 saturated heterocycles. The van der Waals surface area contributed by atoms with Crippen LogP contribution in [0.4, 0.5) is 0 Å². The van der Waals surface area contributed by atoms with Crippen LogP contribution in [0.5, 0.6) is 0 Å². The van der Waals surface area contributed by atoms with E-state index in [1.807, 2.05) is 17.8 Å². The monoisotopic (exact) mass is 447 g/mol. The van der Waals surface area contributed by atoms with Crippen molar-refractivity contribution in [1.29, 1.82) is 0 Å². The summed E-state index contributed by atoms with van der Waals surface area (Å²) in [5.74, 6) is 1.67. The van der Waals surface area contributed by atoms with Crippen LogP contribution in [0.1, 0.15) is 36.4 Å². The number of rotatable bonds is 6. The molecular formula is C25H25N3OS2. The molecule has 0 aliphatic carbocycles. The van der Waals surface area contributed by atoms with E-state index in [4.69, 9.17) is 14.7 Å². The number of hydrogen-bond acceptors (Lipinski definition) is 5. The summed E-state index contributed by atoms with van der Waals surface area (Å²) in [6.45, 7) is 4.90. The molecule has 0 unspecified atom stereocenters. The van der Waals surface area contributed by atoms with E-state index in [2.05, 4.69) is 73.4 Å². The Hall–Kier alpha value is -2.28. The zero-order valence-electron chi connectivity index (χ0n) is 17.7. The van der Waals surface area contributed by atoms with Crippen LogP contribution in [0.2, 0.25) is 0 Å². The highest BCUT2D eigenvalue weighted by Crippen LogP contribution is 2.36. The van der Waals surface area contributed by atoms with Gasteiger partial charge in [0.15, 0.2) is 5.16 Å². The van der Waals surface area contributed by atoms with E-state index in [1.54, 1.807) is 11.8 Å². The van der Waals surface area contributed by atoms with Gasteiger partial charge in [-0.25, -0.2) is 9.97 Å². The van der Waals surface area contributed by atoms with E-state index >= 15 is 0 Å². The molecule has 0 spiro atoms. The molecule has 3 heterocycles. The molecular weight excluding hydrogens is 422 g/mol. The fourth-order valence-corrected chi connectivity index (χ4v) is 5.56. The zero-order valence-corrected chi connectivity index (χ0v) is 19.4. The topological polar surface area (TPSA) is 50.8 Å². The second-order valence-electron chi connectivity index (χ2n) is 8.36. The maximum Gasteiger partial charge on any atom is 0.190 e. The quantitative estimate of drug-likeness (QED) is 0.274. The lowest BCUT2D eigenvalue weighted by Gasteiger charge is -2.30. The van der Waals surface area contributed by atoms with Gasteiger partial charge in [-0.3, -0.25) is 0 Å². The highest BCUT2D eigenvalue weighted by Gasteiger charge is 2.30. The van der Waals surface area contributed by atoms with E-state index in [0.717, 1.165) is 40.1 Å². The average molecular weight is 448 g/mol. The van der Waals surface area contributed by atoms with Crippen molar-refractivity contribution < 1.29 is 4.74 Å². The second kappa shape index (κ2) is 8.69. The van der Waals surface area contributed by atoms with E-state index in [9.17, 15) is 0 Å². The summed E-state index contributed by atoms with van der Waals surface area (Å²) >= 11 is 3.51. The molecule has 6 heteroatoms. The van der Waals surface area contributed by atoms with Crippen LogP contribution >= 0.6 is 23.5 Å². The van der Waals surface area contributed by atoms with Gasteiger partial charge in [0.25, 0.3) is 0 Å². The molecule has 1 N–H and O–H groups in total. The highest BCUT2D eigenvalue weighted by molar-refractivity contribution is 7.98. The molecule has 1 aliphatic heterocycles. The normalized spacial score (nSPS) is 15.2. The number of ether oxygens (including phenoxy) is 1. The van der Waals surface area contributed by atoms with Gasteiger partial charge < -0.3 is 9.72 Å². The van der Waals surface area contributed by atoms with Crippen molar-refractivity contribution in [3.63, 3.8) is 0 Å². The first-order valence-corrected chi connectivity index (χ1v) is 12.4. The maximum atomic E-state index is 6.04. The van der Waals surface area contributed by atoms with Crippen LogP contribution in [-0.2, 0) is 29.3 Å². The van der Waals surface area contributed by atoms with Gasteiger partial charge in [-0.15, -0.1) is 11.8 Å². The number of nitrogens with one attached hydrogen (secondary N) is 1. The van der Waals surface area contributed by atoms with Crippen LogP contribution in [0.15, 0.2) is 70.7 Å². The Balaban J connectivity index is 1.50. The van der Waals surface area contributed by atoms with Crippen molar-refractivity contribution in [2.75, 3.05) is 0 Å². The van der Waals surface area contributed by atoms with Crippen LogP contribution in [0.25, 0.3) is 11.0 Å². The third kappa shape index (κ3) is 4.66. The molecule has 5 rings (SSSR count). The van der Waals surface area contributed by atoms with Crippen molar-refractivity contribution in [3.05, 3.63) is 83.2 Å². The fraction of sp³-hybridized carbons (Fsp3) is 0.280. The lowest BCUT2D eigenvalue weighted by molar-refractivity contribution is -0.0410. The van der Waals surface area contributed by atoms with Crippen molar-refractivity contribution in [2.24, 2.45) is 0 Å². The van der Waals surface area contributed by atoms with Crippen molar-refractivity contribution >= 4 is 34.6 Å². The largest absolute Gasteiger partial charge is 0.369 e. The predicted octanol–water partition coefficient (Wildman–Crippen LogP) is 6.39. The molecule has 2 aromatic carbocycles. The second-order valence-corrected chi connectivity index (χ2v) is 10.4. The summed E-state index contributed by atoms with van der Waals surface area (Å²) in [7, 11) is 0. The predicted molar refractivity (Wildman–Crippen MR) is 128 cm³/mol. The van der Waals surface area contributed by atoms with E-state index < -0.39 is 0 Å². The maximum absolute atomic E-state index is 6.04.